The molecule has 0 aliphatic heterocycles. The van der Waals surface area contributed by atoms with Crippen LogP contribution in [0.4, 0.5) is 0 Å². The molecule has 1 aliphatic carbocycles. The van der Waals surface area contributed by atoms with Crippen molar-refractivity contribution in [1.29, 1.82) is 0 Å². The standard InChI is InChI=1S/C17H22N2O2/c1-21-13-8-9-16-14(10-13)15(11-18-16)17(20)19-12-6-4-2-3-5-7-12/h8-12,18H,2-7H2,1H3,(H,19,20). The Bertz CT molecular complexity index is 625. The largest absolute Gasteiger partial charge is 0.497 e. The average molecular weight is 286 g/mol. The maximum Gasteiger partial charge on any atom is 0.253 e. The number of benzene rings is 1. The van der Waals surface area contributed by atoms with Crippen molar-refractivity contribution in [3.63, 3.8) is 0 Å². The molecule has 21 heavy (non-hydrogen) atoms. The zero-order valence-electron chi connectivity index (χ0n) is 12.4. The van der Waals surface area contributed by atoms with Crippen molar-refractivity contribution in [3.05, 3.63) is 30.0 Å². The Labute approximate surface area is 124 Å². The number of hydrogen-bond donors (Lipinski definition) is 2. The van der Waals surface area contributed by atoms with E-state index in [9.17, 15) is 4.79 Å². The normalized spacial score (nSPS) is 16.6. The van der Waals surface area contributed by atoms with Crippen LogP contribution in [0.2, 0.25) is 0 Å². The highest BCUT2D eigenvalue weighted by Gasteiger charge is 2.18. The minimum Gasteiger partial charge on any atom is -0.497 e. The molecule has 1 aliphatic rings. The van der Waals surface area contributed by atoms with Gasteiger partial charge in [0.1, 0.15) is 5.75 Å². The number of aromatic nitrogens is 1. The third-order valence-corrected chi connectivity index (χ3v) is 4.32. The topological polar surface area (TPSA) is 54.1 Å². The van der Waals surface area contributed by atoms with Crippen LogP contribution < -0.4 is 10.1 Å². The first-order chi connectivity index (χ1) is 10.3. The quantitative estimate of drug-likeness (QED) is 0.847. The van der Waals surface area contributed by atoms with Gasteiger partial charge in [0.05, 0.1) is 12.7 Å². The maximum atomic E-state index is 12.5. The molecule has 2 aromatic rings. The second kappa shape index (κ2) is 6.20. The highest BCUT2D eigenvalue weighted by Crippen LogP contribution is 2.24. The number of nitrogens with one attached hydrogen (secondary N) is 2. The minimum atomic E-state index is 0.0152. The third kappa shape index (κ3) is 3.04. The Kier molecular flexibility index (Phi) is 4.13. The van der Waals surface area contributed by atoms with E-state index < -0.39 is 0 Å². The van der Waals surface area contributed by atoms with Gasteiger partial charge < -0.3 is 15.0 Å². The van der Waals surface area contributed by atoms with Gasteiger partial charge in [0, 0.05) is 23.1 Å². The van der Waals surface area contributed by atoms with Gasteiger partial charge in [-0.2, -0.15) is 0 Å². The first kappa shape index (κ1) is 14.0. The molecule has 1 fully saturated rings. The fourth-order valence-corrected chi connectivity index (χ4v) is 3.10. The number of amides is 1. The number of fused-ring (bicyclic) bond motifs is 1. The lowest BCUT2D eigenvalue weighted by Gasteiger charge is -2.15. The predicted octanol–water partition coefficient (Wildman–Crippen LogP) is 3.63. The van der Waals surface area contributed by atoms with Crippen LogP contribution in [0.3, 0.4) is 0 Å². The van der Waals surface area contributed by atoms with Crippen molar-refractivity contribution in [2.45, 2.75) is 44.6 Å². The van der Waals surface area contributed by atoms with E-state index in [4.69, 9.17) is 4.74 Å². The summed E-state index contributed by atoms with van der Waals surface area (Å²) < 4.78 is 5.25. The number of hydrogen-bond acceptors (Lipinski definition) is 2. The van der Waals surface area contributed by atoms with Crippen LogP contribution in [0, 0.1) is 0 Å². The number of aromatic amines is 1. The molecular weight excluding hydrogens is 264 g/mol. The summed E-state index contributed by atoms with van der Waals surface area (Å²) in [6, 6.07) is 6.06. The van der Waals surface area contributed by atoms with Gasteiger partial charge in [0.15, 0.2) is 0 Å². The Morgan fingerprint density at radius 2 is 2.00 bits per heavy atom. The molecule has 1 heterocycles. The third-order valence-electron chi connectivity index (χ3n) is 4.32. The van der Waals surface area contributed by atoms with Crippen LogP contribution in [0.25, 0.3) is 10.9 Å². The molecule has 0 saturated heterocycles. The molecule has 1 saturated carbocycles. The van der Waals surface area contributed by atoms with E-state index in [1.807, 2.05) is 18.2 Å². The van der Waals surface area contributed by atoms with E-state index in [1.54, 1.807) is 13.3 Å². The molecule has 3 rings (SSSR count). The highest BCUT2D eigenvalue weighted by molar-refractivity contribution is 6.07. The summed E-state index contributed by atoms with van der Waals surface area (Å²) in [5.41, 5.74) is 1.66. The van der Waals surface area contributed by atoms with Crippen LogP contribution in [0.5, 0.6) is 5.75 Å². The highest BCUT2D eigenvalue weighted by atomic mass is 16.5. The number of rotatable bonds is 3. The van der Waals surface area contributed by atoms with Crippen molar-refractivity contribution in [1.82, 2.24) is 10.3 Å². The van der Waals surface area contributed by atoms with Gasteiger partial charge in [-0.1, -0.05) is 25.7 Å². The summed E-state index contributed by atoms with van der Waals surface area (Å²) in [7, 11) is 1.64. The van der Waals surface area contributed by atoms with Crippen molar-refractivity contribution in [2.24, 2.45) is 0 Å². The fraction of sp³-hybridized carbons (Fsp3) is 0.471. The first-order valence-electron chi connectivity index (χ1n) is 7.74. The van der Waals surface area contributed by atoms with E-state index >= 15 is 0 Å². The lowest BCUT2D eigenvalue weighted by atomic mass is 10.1. The number of ether oxygens (including phenoxy) is 1. The van der Waals surface area contributed by atoms with E-state index in [0.717, 1.165) is 29.5 Å². The zero-order valence-corrected chi connectivity index (χ0v) is 12.4. The molecule has 4 nitrogen and oxygen atoms in total. The van der Waals surface area contributed by atoms with Gasteiger partial charge in [-0.05, 0) is 31.0 Å². The van der Waals surface area contributed by atoms with E-state index in [0.29, 0.717) is 11.6 Å². The first-order valence-corrected chi connectivity index (χ1v) is 7.74. The molecule has 2 N–H and O–H groups in total. The number of methoxy groups -OCH3 is 1. The molecule has 0 radical (unpaired) electrons. The fourth-order valence-electron chi connectivity index (χ4n) is 3.10. The van der Waals surface area contributed by atoms with Crippen molar-refractivity contribution in [2.75, 3.05) is 7.11 Å². The van der Waals surface area contributed by atoms with Crippen LogP contribution in [0.1, 0.15) is 48.9 Å². The lowest BCUT2D eigenvalue weighted by molar-refractivity contribution is 0.0935. The van der Waals surface area contributed by atoms with Crippen molar-refractivity contribution in [3.8, 4) is 5.75 Å². The molecule has 1 aromatic heterocycles. The predicted molar refractivity (Wildman–Crippen MR) is 83.8 cm³/mol. The Hall–Kier alpha value is -1.97. The maximum absolute atomic E-state index is 12.5. The van der Waals surface area contributed by atoms with Gasteiger partial charge in [-0.15, -0.1) is 0 Å². The van der Waals surface area contributed by atoms with E-state index in [-0.39, 0.29) is 5.91 Å². The average Bonchev–Trinajstić information content (AvgIpc) is 2.76. The van der Waals surface area contributed by atoms with E-state index in [1.165, 1.54) is 25.7 Å². The molecule has 0 spiro atoms. The second-order valence-corrected chi connectivity index (χ2v) is 5.78. The van der Waals surface area contributed by atoms with Gasteiger partial charge in [0.25, 0.3) is 5.91 Å². The van der Waals surface area contributed by atoms with Crippen LogP contribution in [-0.4, -0.2) is 24.0 Å². The van der Waals surface area contributed by atoms with Crippen molar-refractivity contribution >= 4 is 16.8 Å². The molecule has 0 atom stereocenters. The molecule has 1 amide bonds. The van der Waals surface area contributed by atoms with E-state index in [2.05, 4.69) is 10.3 Å². The zero-order chi connectivity index (χ0) is 14.7. The van der Waals surface area contributed by atoms with Gasteiger partial charge in [0.2, 0.25) is 0 Å². The Morgan fingerprint density at radius 3 is 2.71 bits per heavy atom. The molecule has 0 unspecified atom stereocenters. The lowest BCUT2D eigenvalue weighted by Crippen LogP contribution is -2.34. The number of carbonyl (C=O) groups excluding carboxylic acids is 1. The minimum absolute atomic E-state index is 0.0152. The summed E-state index contributed by atoms with van der Waals surface area (Å²) in [5, 5.41) is 4.11. The monoisotopic (exact) mass is 286 g/mol. The summed E-state index contributed by atoms with van der Waals surface area (Å²) in [5.74, 6) is 0.784. The Morgan fingerprint density at radius 1 is 1.24 bits per heavy atom. The van der Waals surface area contributed by atoms with Crippen LogP contribution in [0.15, 0.2) is 24.4 Å². The van der Waals surface area contributed by atoms with Gasteiger partial charge in [-0.3, -0.25) is 4.79 Å². The molecule has 112 valence electrons. The number of carbonyl (C=O) groups is 1. The van der Waals surface area contributed by atoms with Crippen LogP contribution in [-0.2, 0) is 0 Å². The molecular formula is C17H22N2O2. The summed E-state index contributed by atoms with van der Waals surface area (Å²) in [4.78, 5) is 15.7. The molecule has 4 heteroatoms. The number of H-pyrrole nitrogens is 1. The second-order valence-electron chi connectivity index (χ2n) is 5.78. The summed E-state index contributed by atoms with van der Waals surface area (Å²) in [6.45, 7) is 0. The smallest absolute Gasteiger partial charge is 0.253 e. The van der Waals surface area contributed by atoms with Gasteiger partial charge >= 0.3 is 0 Å². The molecule has 0 bridgehead atoms. The summed E-state index contributed by atoms with van der Waals surface area (Å²) in [6.07, 6.45) is 8.98. The van der Waals surface area contributed by atoms with Gasteiger partial charge in [-0.25, -0.2) is 0 Å². The summed E-state index contributed by atoms with van der Waals surface area (Å²) >= 11 is 0. The van der Waals surface area contributed by atoms with Crippen molar-refractivity contribution < 1.29 is 9.53 Å². The molecule has 1 aromatic carbocycles. The van der Waals surface area contributed by atoms with Crippen LogP contribution >= 0.6 is 0 Å². The SMILES string of the molecule is COc1ccc2[nH]cc(C(=O)NC3CCCCCC3)c2c1. The Balaban J connectivity index is 1.80.